The molecule has 0 aromatic heterocycles. The molecule has 0 atom stereocenters. The zero-order valence-electron chi connectivity index (χ0n) is 14.2. The first-order valence-corrected chi connectivity index (χ1v) is 9.82. The van der Waals surface area contributed by atoms with Crippen molar-refractivity contribution < 1.29 is 13.5 Å². The Hall–Kier alpha value is -2.01. The van der Waals surface area contributed by atoms with E-state index in [9.17, 15) is 13.5 Å². The number of aryl methyl sites for hydroxylation is 2. The number of hydrogen-bond donors (Lipinski definition) is 2. The van der Waals surface area contributed by atoms with Gasteiger partial charge in [0, 0.05) is 0 Å². The maximum absolute atomic E-state index is 12.4. The highest BCUT2D eigenvalue weighted by Gasteiger charge is 2.16. The van der Waals surface area contributed by atoms with Gasteiger partial charge in [0.25, 0.3) is 10.0 Å². The van der Waals surface area contributed by atoms with E-state index in [-0.39, 0.29) is 16.3 Å². The molecule has 0 saturated carbocycles. The van der Waals surface area contributed by atoms with E-state index in [1.54, 1.807) is 24.3 Å². The van der Waals surface area contributed by atoms with Crippen molar-refractivity contribution in [2.75, 3.05) is 4.72 Å². The summed E-state index contributed by atoms with van der Waals surface area (Å²) in [6.45, 7) is 4.01. The Labute approximate surface area is 144 Å². The van der Waals surface area contributed by atoms with Crippen LogP contribution in [-0.4, -0.2) is 13.5 Å². The van der Waals surface area contributed by atoms with Crippen LogP contribution in [0.5, 0.6) is 5.75 Å². The van der Waals surface area contributed by atoms with Crippen molar-refractivity contribution in [3.05, 3.63) is 53.6 Å². The fraction of sp³-hybridized carbons (Fsp3) is 0.368. The van der Waals surface area contributed by atoms with Gasteiger partial charge >= 0.3 is 0 Å². The molecular weight excluding hydrogens is 322 g/mol. The van der Waals surface area contributed by atoms with Crippen molar-refractivity contribution in [1.82, 2.24) is 0 Å². The summed E-state index contributed by atoms with van der Waals surface area (Å²) in [5.41, 5.74) is 2.19. The zero-order chi connectivity index (χ0) is 17.6. The van der Waals surface area contributed by atoms with Crippen LogP contribution in [0.25, 0.3) is 0 Å². The van der Waals surface area contributed by atoms with Crippen LogP contribution in [0.4, 0.5) is 5.69 Å². The summed E-state index contributed by atoms with van der Waals surface area (Å²) < 4.78 is 27.3. The molecule has 0 aliphatic rings. The van der Waals surface area contributed by atoms with Crippen molar-refractivity contribution in [2.45, 2.75) is 50.8 Å². The average Bonchev–Trinajstić information content (AvgIpc) is 2.55. The second kappa shape index (κ2) is 8.20. The molecule has 2 aromatic carbocycles. The van der Waals surface area contributed by atoms with Gasteiger partial charge in [0.15, 0.2) is 0 Å². The molecule has 2 aromatic rings. The van der Waals surface area contributed by atoms with E-state index in [1.165, 1.54) is 25.3 Å². The molecule has 130 valence electrons. The lowest BCUT2D eigenvalue weighted by Crippen LogP contribution is -2.13. The second-order valence-corrected chi connectivity index (χ2v) is 7.76. The molecule has 0 aliphatic carbocycles. The van der Waals surface area contributed by atoms with Crippen LogP contribution in [0.2, 0.25) is 0 Å². The minimum Gasteiger partial charge on any atom is -0.506 e. The van der Waals surface area contributed by atoms with Crippen LogP contribution in [0.1, 0.15) is 43.7 Å². The molecule has 0 fully saturated rings. The summed E-state index contributed by atoms with van der Waals surface area (Å²) in [5, 5.41) is 9.86. The predicted molar refractivity (Wildman–Crippen MR) is 97.9 cm³/mol. The largest absolute Gasteiger partial charge is 0.506 e. The Morgan fingerprint density at radius 3 is 2.33 bits per heavy atom. The third-order valence-electron chi connectivity index (χ3n) is 3.95. The first kappa shape index (κ1) is 18.3. The molecule has 2 N–H and O–H groups in total. The number of nitrogens with one attached hydrogen (secondary N) is 1. The van der Waals surface area contributed by atoms with Gasteiger partial charge in [-0.05, 0) is 55.2 Å². The SMILES string of the molecule is CCCCCCc1ccc(S(=O)(=O)Nc2ccc(C)cc2O)cc1. The minimum absolute atomic E-state index is 0.0777. The van der Waals surface area contributed by atoms with Gasteiger partial charge in [0.05, 0.1) is 10.6 Å². The van der Waals surface area contributed by atoms with Crippen LogP contribution in [0.3, 0.4) is 0 Å². The molecule has 0 spiro atoms. The smallest absolute Gasteiger partial charge is 0.262 e. The first-order valence-electron chi connectivity index (χ1n) is 8.34. The van der Waals surface area contributed by atoms with Gasteiger partial charge in [-0.25, -0.2) is 8.42 Å². The normalized spacial score (nSPS) is 11.4. The van der Waals surface area contributed by atoms with E-state index >= 15 is 0 Å². The molecule has 0 amide bonds. The molecule has 0 bridgehead atoms. The number of phenolic OH excluding ortho intramolecular Hbond substituents is 1. The van der Waals surface area contributed by atoms with Crippen LogP contribution in [0, 0.1) is 6.92 Å². The number of anilines is 1. The molecule has 0 radical (unpaired) electrons. The van der Waals surface area contributed by atoms with Crippen molar-refractivity contribution in [3.8, 4) is 5.75 Å². The highest BCUT2D eigenvalue weighted by atomic mass is 32.2. The number of aromatic hydroxyl groups is 1. The number of sulfonamides is 1. The summed E-state index contributed by atoms with van der Waals surface area (Å²) in [5.74, 6) is -0.0777. The maximum Gasteiger partial charge on any atom is 0.262 e. The van der Waals surface area contributed by atoms with Crippen molar-refractivity contribution in [2.24, 2.45) is 0 Å². The molecule has 5 heteroatoms. The Morgan fingerprint density at radius 1 is 1.00 bits per heavy atom. The molecule has 2 rings (SSSR count). The fourth-order valence-corrected chi connectivity index (χ4v) is 3.60. The van der Waals surface area contributed by atoms with Crippen LogP contribution < -0.4 is 4.72 Å². The minimum atomic E-state index is -3.70. The van der Waals surface area contributed by atoms with Crippen LogP contribution in [-0.2, 0) is 16.4 Å². The summed E-state index contributed by atoms with van der Waals surface area (Å²) >= 11 is 0. The Morgan fingerprint density at radius 2 is 1.71 bits per heavy atom. The topological polar surface area (TPSA) is 66.4 Å². The molecule has 24 heavy (non-hydrogen) atoms. The summed E-state index contributed by atoms with van der Waals surface area (Å²) in [4.78, 5) is 0.194. The molecule has 0 heterocycles. The highest BCUT2D eigenvalue weighted by Crippen LogP contribution is 2.26. The maximum atomic E-state index is 12.4. The standard InChI is InChI=1S/C19H25NO3S/c1-3-4-5-6-7-16-9-11-17(12-10-16)24(22,23)20-18-13-8-15(2)14-19(18)21/h8-14,20-21H,3-7H2,1-2H3. The van der Waals surface area contributed by atoms with Crippen LogP contribution >= 0.6 is 0 Å². The van der Waals surface area contributed by atoms with E-state index < -0.39 is 10.0 Å². The van der Waals surface area contributed by atoms with Gasteiger partial charge in [-0.15, -0.1) is 0 Å². The number of phenols is 1. The lowest BCUT2D eigenvalue weighted by Gasteiger charge is -2.10. The third-order valence-corrected chi connectivity index (χ3v) is 5.33. The third kappa shape index (κ3) is 4.99. The number of unbranched alkanes of at least 4 members (excludes halogenated alkanes) is 3. The van der Waals surface area contributed by atoms with Gasteiger partial charge in [0.2, 0.25) is 0 Å². The lowest BCUT2D eigenvalue weighted by atomic mass is 10.1. The quantitative estimate of drug-likeness (QED) is 0.541. The monoisotopic (exact) mass is 347 g/mol. The molecular formula is C19H25NO3S. The summed E-state index contributed by atoms with van der Waals surface area (Å²) in [6.07, 6.45) is 5.72. The van der Waals surface area contributed by atoms with Gasteiger partial charge in [0.1, 0.15) is 5.75 Å². The Bertz CT molecular complexity index is 768. The summed E-state index contributed by atoms with van der Waals surface area (Å²) in [6, 6.07) is 11.8. The van der Waals surface area contributed by atoms with Gasteiger partial charge in [-0.1, -0.05) is 44.4 Å². The van der Waals surface area contributed by atoms with E-state index in [2.05, 4.69) is 11.6 Å². The van der Waals surface area contributed by atoms with Gasteiger partial charge < -0.3 is 5.11 Å². The number of hydrogen-bond acceptors (Lipinski definition) is 3. The predicted octanol–water partition coefficient (Wildman–Crippen LogP) is 4.62. The number of rotatable bonds is 8. The van der Waals surface area contributed by atoms with E-state index in [0.717, 1.165) is 24.0 Å². The Kier molecular flexibility index (Phi) is 6.26. The molecule has 0 saturated heterocycles. The second-order valence-electron chi connectivity index (χ2n) is 6.08. The molecule has 0 aliphatic heterocycles. The van der Waals surface area contributed by atoms with Gasteiger partial charge in [-0.2, -0.15) is 0 Å². The van der Waals surface area contributed by atoms with Crippen LogP contribution in [0.15, 0.2) is 47.4 Å². The Balaban J connectivity index is 2.06. The van der Waals surface area contributed by atoms with Crippen molar-refractivity contribution >= 4 is 15.7 Å². The van der Waals surface area contributed by atoms with E-state index in [0.29, 0.717) is 0 Å². The van der Waals surface area contributed by atoms with E-state index in [4.69, 9.17) is 0 Å². The fourth-order valence-electron chi connectivity index (χ4n) is 2.52. The lowest BCUT2D eigenvalue weighted by molar-refractivity contribution is 0.477. The average molecular weight is 347 g/mol. The molecule has 4 nitrogen and oxygen atoms in total. The zero-order valence-corrected chi connectivity index (χ0v) is 15.1. The van der Waals surface area contributed by atoms with Gasteiger partial charge in [-0.3, -0.25) is 4.72 Å². The van der Waals surface area contributed by atoms with E-state index in [1.807, 2.05) is 19.1 Å². The number of benzene rings is 2. The van der Waals surface area contributed by atoms with Crippen molar-refractivity contribution in [1.29, 1.82) is 0 Å². The van der Waals surface area contributed by atoms with Crippen molar-refractivity contribution in [3.63, 3.8) is 0 Å². The molecule has 0 unspecified atom stereocenters. The first-order chi connectivity index (χ1) is 11.4. The summed E-state index contributed by atoms with van der Waals surface area (Å²) in [7, 11) is -3.70. The highest BCUT2D eigenvalue weighted by molar-refractivity contribution is 7.92.